The van der Waals surface area contributed by atoms with Gasteiger partial charge in [0.15, 0.2) is 11.6 Å². The molecule has 0 N–H and O–H groups in total. The van der Waals surface area contributed by atoms with Gasteiger partial charge >= 0.3 is 0 Å². The Morgan fingerprint density at radius 1 is 1.29 bits per heavy atom. The minimum absolute atomic E-state index is 0.165. The van der Waals surface area contributed by atoms with Crippen molar-refractivity contribution < 1.29 is 8.78 Å². The predicted molar refractivity (Wildman–Crippen MR) is 61.7 cm³/mol. The fourth-order valence-corrected chi connectivity index (χ4v) is 2.39. The molecule has 90 valence electrons. The quantitative estimate of drug-likeness (QED) is 0.748. The lowest BCUT2D eigenvalue weighted by atomic mass is 10.0. The molecule has 1 aromatic rings. The molecule has 2 rings (SSSR count). The summed E-state index contributed by atoms with van der Waals surface area (Å²) in [6.45, 7) is 4.74. The van der Waals surface area contributed by atoms with Gasteiger partial charge in [-0.2, -0.15) is 5.26 Å². The van der Waals surface area contributed by atoms with Crippen molar-refractivity contribution in [1.82, 2.24) is 0 Å². The normalized spacial score (nSPS) is 18.2. The third-order valence-electron chi connectivity index (χ3n) is 3.37. The van der Waals surface area contributed by atoms with Crippen LogP contribution in [0.3, 0.4) is 0 Å². The maximum atomic E-state index is 13.9. The molecule has 17 heavy (non-hydrogen) atoms. The number of rotatable bonds is 1. The van der Waals surface area contributed by atoms with Gasteiger partial charge in [-0.1, -0.05) is 0 Å². The second-order valence-corrected chi connectivity index (χ2v) is 4.94. The third kappa shape index (κ3) is 1.86. The van der Waals surface area contributed by atoms with E-state index < -0.39 is 11.6 Å². The van der Waals surface area contributed by atoms with Crippen molar-refractivity contribution in [2.45, 2.75) is 32.2 Å². The van der Waals surface area contributed by atoms with Crippen molar-refractivity contribution in [3.05, 3.63) is 29.3 Å². The average Bonchev–Trinajstić information content (AvgIpc) is 2.62. The zero-order valence-electron chi connectivity index (χ0n) is 9.93. The molecule has 0 aromatic heterocycles. The van der Waals surface area contributed by atoms with Gasteiger partial charge in [-0.05, 0) is 38.8 Å². The highest BCUT2D eigenvalue weighted by Crippen LogP contribution is 2.36. The van der Waals surface area contributed by atoms with Gasteiger partial charge in [0.1, 0.15) is 6.07 Å². The van der Waals surface area contributed by atoms with Crippen LogP contribution >= 0.6 is 0 Å². The van der Waals surface area contributed by atoms with Crippen LogP contribution in [0.5, 0.6) is 0 Å². The second kappa shape index (κ2) is 3.99. The molecule has 1 heterocycles. The zero-order valence-corrected chi connectivity index (χ0v) is 9.93. The maximum Gasteiger partial charge on any atom is 0.183 e. The molecule has 1 aliphatic heterocycles. The van der Waals surface area contributed by atoms with E-state index in [1.807, 2.05) is 18.7 Å². The first-order valence-electron chi connectivity index (χ1n) is 5.63. The minimum atomic E-state index is -1.05. The van der Waals surface area contributed by atoms with E-state index in [2.05, 4.69) is 0 Å². The molecule has 0 unspecified atom stereocenters. The first-order valence-corrected chi connectivity index (χ1v) is 5.63. The highest BCUT2D eigenvalue weighted by atomic mass is 19.2. The van der Waals surface area contributed by atoms with Gasteiger partial charge < -0.3 is 4.90 Å². The van der Waals surface area contributed by atoms with Gasteiger partial charge in [0.25, 0.3) is 0 Å². The number of nitrogens with zero attached hydrogens (tertiary/aromatic N) is 2. The standard InChI is InChI=1S/C13H14F2N2/c1-13(2)6-3-7-17(13)10-5-4-9(8-16)11(14)12(10)15/h4-5H,3,6-7H2,1-2H3. The second-order valence-electron chi connectivity index (χ2n) is 4.94. The van der Waals surface area contributed by atoms with Crippen LogP contribution in [0, 0.1) is 23.0 Å². The average molecular weight is 236 g/mol. The van der Waals surface area contributed by atoms with Crippen LogP contribution in [0.15, 0.2) is 12.1 Å². The Labute approximate surface area is 99.5 Å². The van der Waals surface area contributed by atoms with Crippen LogP contribution in [0.4, 0.5) is 14.5 Å². The monoisotopic (exact) mass is 236 g/mol. The summed E-state index contributed by atoms with van der Waals surface area (Å²) < 4.78 is 27.4. The Kier molecular flexibility index (Phi) is 2.78. The number of halogens is 2. The summed E-state index contributed by atoms with van der Waals surface area (Å²) in [4.78, 5) is 1.87. The molecular weight excluding hydrogens is 222 g/mol. The van der Waals surface area contributed by atoms with E-state index in [4.69, 9.17) is 5.26 Å². The van der Waals surface area contributed by atoms with Gasteiger partial charge in [0, 0.05) is 12.1 Å². The summed E-state index contributed by atoms with van der Waals surface area (Å²) in [6.07, 6.45) is 1.92. The molecule has 0 amide bonds. The molecule has 0 spiro atoms. The zero-order chi connectivity index (χ0) is 12.6. The van der Waals surface area contributed by atoms with Crippen molar-refractivity contribution >= 4 is 5.69 Å². The lowest BCUT2D eigenvalue weighted by Gasteiger charge is -2.34. The first kappa shape index (κ1) is 11.8. The Bertz CT molecular complexity index is 489. The first-order chi connectivity index (χ1) is 7.97. The maximum absolute atomic E-state index is 13.9. The minimum Gasteiger partial charge on any atom is -0.364 e. The molecule has 0 radical (unpaired) electrons. The number of anilines is 1. The van der Waals surface area contributed by atoms with E-state index in [9.17, 15) is 8.78 Å². The smallest absolute Gasteiger partial charge is 0.183 e. The number of hydrogen-bond acceptors (Lipinski definition) is 2. The molecular formula is C13H14F2N2. The fraction of sp³-hybridized carbons (Fsp3) is 0.462. The van der Waals surface area contributed by atoms with Crippen LogP contribution in [0.1, 0.15) is 32.3 Å². The van der Waals surface area contributed by atoms with Crippen molar-refractivity contribution in [1.29, 1.82) is 5.26 Å². The SMILES string of the molecule is CC1(C)CCCN1c1ccc(C#N)c(F)c1F. The molecule has 2 nitrogen and oxygen atoms in total. The number of nitriles is 1. The van der Waals surface area contributed by atoms with Gasteiger partial charge in [-0.15, -0.1) is 0 Å². The van der Waals surface area contributed by atoms with Crippen LogP contribution in [0.25, 0.3) is 0 Å². The molecule has 0 atom stereocenters. The van der Waals surface area contributed by atoms with Crippen molar-refractivity contribution in [2.75, 3.05) is 11.4 Å². The highest BCUT2D eigenvalue weighted by molar-refractivity contribution is 5.54. The lowest BCUT2D eigenvalue weighted by Crippen LogP contribution is -2.38. The van der Waals surface area contributed by atoms with Crippen molar-refractivity contribution in [3.63, 3.8) is 0 Å². The van der Waals surface area contributed by atoms with E-state index >= 15 is 0 Å². The topological polar surface area (TPSA) is 27.0 Å². The summed E-state index contributed by atoms with van der Waals surface area (Å²) in [7, 11) is 0. The van der Waals surface area contributed by atoms with E-state index in [1.165, 1.54) is 12.1 Å². The van der Waals surface area contributed by atoms with E-state index in [-0.39, 0.29) is 16.8 Å². The van der Waals surface area contributed by atoms with Crippen LogP contribution in [-0.4, -0.2) is 12.1 Å². The lowest BCUT2D eigenvalue weighted by molar-refractivity contribution is 0.480. The van der Waals surface area contributed by atoms with Gasteiger partial charge in [0.2, 0.25) is 0 Å². The van der Waals surface area contributed by atoms with E-state index in [1.54, 1.807) is 6.07 Å². The summed E-state index contributed by atoms with van der Waals surface area (Å²) in [5, 5.41) is 8.63. The molecule has 0 saturated carbocycles. The molecule has 1 aliphatic rings. The van der Waals surface area contributed by atoms with Crippen molar-refractivity contribution in [3.8, 4) is 6.07 Å². The Morgan fingerprint density at radius 2 is 2.00 bits per heavy atom. The summed E-state index contributed by atoms with van der Waals surface area (Å²) in [5.74, 6) is -1.97. The van der Waals surface area contributed by atoms with Crippen LogP contribution in [0.2, 0.25) is 0 Å². The predicted octanol–water partition coefficient (Wildman–Crippen LogP) is 3.22. The highest BCUT2D eigenvalue weighted by Gasteiger charge is 2.34. The molecule has 1 saturated heterocycles. The number of hydrogen-bond donors (Lipinski definition) is 0. The Balaban J connectivity index is 2.48. The molecule has 0 bridgehead atoms. The summed E-state index contributed by atoms with van der Waals surface area (Å²) in [5.41, 5.74) is -0.159. The summed E-state index contributed by atoms with van der Waals surface area (Å²) in [6, 6.07) is 4.47. The largest absolute Gasteiger partial charge is 0.364 e. The third-order valence-corrected chi connectivity index (χ3v) is 3.37. The van der Waals surface area contributed by atoms with E-state index in [0.29, 0.717) is 0 Å². The van der Waals surface area contributed by atoms with Crippen LogP contribution in [-0.2, 0) is 0 Å². The van der Waals surface area contributed by atoms with Crippen molar-refractivity contribution in [2.24, 2.45) is 0 Å². The van der Waals surface area contributed by atoms with Gasteiger partial charge in [-0.25, -0.2) is 8.78 Å². The Hall–Kier alpha value is -1.63. The molecule has 1 fully saturated rings. The van der Waals surface area contributed by atoms with E-state index in [0.717, 1.165) is 19.4 Å². The summed E-state index contributed by atoms with van der Waals surface area (Å²) >= 11 is 0. The fourth-order valence-electron chi connectivity index (χ4n) is 2.39. The van der Waals surface area contributed by atoms with Gasteiger partial charge in [0.05, 0.1) is 11.3 Å². The van der Waals surface area contributed by atoms with Gasteiger partial charge in [-0.3, -0.25) is 0 Å². The van der Waals surface area contributed by atoms with Crippen LogP contribution < -0.4 is 4.90 Å². The number of benzene rings is 1. The Morgan fingerprint density at radius 3 is 2.53 bits per heavy atom. The molecule has 0 aliphatic carbocycles. The molecule has 1 aromatic carbocycles. The molecule has 4 heteroatoms.